The number of aromatic hydroxyl groups is 1. The van der Waals surface area contributed by atoms with Gasteiger partial charge in [-0.2, -0.15) is 5.10 Å². The van der Waals surface area contributed by atoms with Gasteiger partial charge in [-0.3, -0.25) is 4.68 Å². The molecule has 0 saturated carbocycles. The molecule has 0 saturated heterocycles. The van der Waals surface area contributed by atoms with E-state index in [-0.39, 0.29) is 12.4 Å². The van der Waals surface area contributed by atoms with E-state index in [0.717, 1.165) is 15.7 Å². The highest BCUT2D eigenvalue weighted by Crippen LogP contribution is 2.32. The minimum absolute atomic E-state index is 0.0574. The maximum Gasteiger partial charge on any atom is 0.160 e. The van der Waals surface area contributed by atoms with Crippen LogP contribution in [0.25, 0.3) is 0 Å². The molecule has 0 radical (unpaired) electrons. The van der Waals surface area contributed by atoms with E-state index in [0.29, 0.717) is 18.8 Å². The number of aliphatic hydroxyl groups excluding tert-OH is 1. The van der Waals surface area contributed by atoms with Crippen LogP contribution in [-0.2, 0) is 13.1 Å². The van der Waals surface area contributed by atoms with Gasteiger partial charge in [-0.25, -0.2) is 0 Å². The Hall–Kier alpha value is -1.73. The molecular formula is C13H16BrN3O3. The van der Waals surface area contributed by atoms with Crippen molar-refractivity contribution >= 4 is 21.6 Å². The molecule has 2 rings (SSSR count). The van der Waals surface area contributed by atoms with Gasteiger partial charge in [0.1, 0.15) is 0 Å². The van der Waals surface area contributed by atoms with Gasteiger partial charge in [0.25, 0.3) is 0 Å². The van der Waals surface area contributed by atoms with E-state index in [4.69, 9.17) is 9.84 Å². The number of phenolic OH excluding ortho intramolecular Hbond substituents is 1. The molecule has 7 heteroatoms. The van der Waals surface area contributed by atoms with Crippen molar-refractivity contribution < 1.29 is 14.9 Å². The fraction of sp³-hybridized carbons (Fsp3) is 0.308. The Labute approximate surface area is 125 Å². The van der Waals surface area contributed by atoms with Gasteiger partial charge in [-0.15, -0.1) is 0 Å². The van der Waals surface area contributed by atoms with Crippen LogP contribution in [0.15, 0.2) is 29.0 Å². The van der Waals surface area contributed by atoms with Gasteiger partial charge in [-0.1, -0.05) is 15.9 Å². The van der Waals surface area contributed by atoms with Gasteiger partial charge in [-0.05, 0) is 17.7 Å². The lowest BCUT2D eigenvalue weighted by Gasteiger charge is -2.10. The summed E-state index contributed by atoms with van der Waals surface area (Å²) >= 11 is 3.40. The lowest BCUT2D eigenvalue weighted by atomic mass is 10.2. The van der Waals surface area contributed by atoms with Gasteiger partial charge >= 0.3 is 0 Å². The summed E-state index contributed by atoms with van der Waals surface area (Å²) in [4.78, 5) is 0. The smallest absolute Gasteiger partial charge is 0.160 e. The molecular weight excluding hydrogens is 326 g/mol. The summed E-state index contributed by atoms with van der Waals surface area (Å²) in [7, 11) is 1.51. The molecule has 20 heavy (non-hydrogen) atoms. The van der Waals surface area contributed by atoms with Crippen molar-refractivity contribution in [2.24, 2.45) is 0 Å². The number of benzene rings is 1. The Bertz CT molecular complexity index is 586. The van der Waals surface area contributed by atoms with Gasteiger partial charge in [0.2, 0.25) is 0 Å². The van der Waals surface area contributed by atoms with Gasteiger partial charge in [0, 0.05) is 17.2 Å². The van der Waals surface area contributed by atoms with E-state index >= 15 is 0 Å². The van der Waals surface area contributed by atoms with E-state index < -0.39 is 0 Å². The quantitative estimate of drug-likeness (QED) is 0.748. The van der Waals surface area contributed by atoms with Crippen LogP contribution in [0.1, 0.15) is 5.56 Å². The number of nitrogens with one attached hydrogen (secondary N) is 1. The molecule has 2 aromatic rings. The maximum atomic E-state index is 9.65. The van der Waals surface area contributed by atoms with Crippen molar-refractivity contribution in [3.8, 4) is 11.5 Å². The molecule has 0 aliphatic carbocycles. The third-order valence-electron chi connectivity index (χ3n) is 2.79. The summed E-state index contributed by atoms with van der Waals surface area (Å²) in [6.45, 7) is 1.09. The Balaban J connectivity index is 2.06. The van der Waals surface area contributed by atoms with E-state index in [1.807, 2.05) is 6.20 Å². The van der Waals surface area contributed by atoms with Gasteiger partial charge in [0.15, 0.2) is 11.5 Å². The monoisotopic (exact) mass is 341 g/mol. The average molecular weight is 342 g/mol. The molecule has 0 spiro atoms. The zero-order valence-corrected chi connectivity index (χ0v) is 12.6. The van der Waals surface area contributed by atoms with Crippen LogP contribution < -0.4 is 10.1 Å². The second kappa shape index (κ2) is 6.62. The summed E-state index contributed by atoms with van der Waals surface area (Å²) < 4.78 is 7.54. The Morgan fingerprint density at radius 3 is 2.95 bits per heavy atom. The number of hydrogen-bond donors (Lipinski definition) is 3. The first kappa shape index (κ1) is 14.7. The third kappa shape index (κ3) is 3.43. The first-order chi connectivity index (χ1) is 9.63. The second-order valence-electron chi connectivity index (χ2n) is 4.18. The molecule has 0 fully saturated rings. The van der Waals surface area contributed by atoms with Gasteiger partial charge in [0.05, 0.1) is 32.1 Å². The highest BCUT2D eigenvalue weighted by atomic mass is 79.9. The molecule has 6 nitrogen and oxygen atoms in total. The van der Waals surface area contributed by atoms with E-state index in [1.54, 1.807) is 23.0 Å². The molecule has 0 unspecified atom stereocenters. The molecule has 1 aromatic carbocycles. The van der Waals surface area contributed by atoms with Crippen LogP contribution in [0.5, 0.6) is 11.5 Å². The van der Waals surface area contributed by atoms with Crippen LogP contribution >= 0.6 is 15.9 Å². The molecule has 0 amide bonds. The molecule has 0 atom stereocenters. The fourth-order valence-corrected chi connectivity index (χ4v) is 2.23. The largest absolute Gasteiger partial charge is 0.504 e. The number of phenols is 1. The number of ether oxygens (including phenoxy) is 1. The normalized spacial score (nSPS) is 10.6. The number of hydrogen-bond acceptors (Lipinski definition) is 5. The minimum Gasteiger partial charge on any atom is -0.504 e. The van der Waals surface area contributed by atoms with E-state index in [2.05, 4.69) is 26.3 Å². The summed E-state index contributed by atoms with van der Waals surface area (Å²) in [5.74, 6) is 0.528. The number of aliphatic hydroxyl groups is 1. The van der Waals surface area contributed by atoms with Crippen molar-refractivity contribution in [1.29, 1.82) is 0 Å². The molecule has 1 aromatic heterocycles. The highest BCUT2D eigenvalue weighted by Gasteiger charge is 2.08. The molecule has 0 aliphatic heterocycles. The van der Waals surface area contributed by atoms with E-state index in [1.165, 1.54) is 7.11 Å². The molecule has 0 bridgehead atoms. The fourth-order valence-electron chi connectivity index (χ4n) is 1.76. The third-order valence-corrected chi connectivity index (χ3v) is 3.53. The number of halogens is 1. The standard InChI is InChI=1S/C13H16BrN3O3/c1-20-13-4-9(11(14)5-12(13)19)6-15-10-7-16-17(8-10)2-3-18/h4-5,7-8,15,18-19H,2-3,6H2,1H3. The van der Waals surface area contributed by atoms with Crippen molar-refractivity contribution in [2.45, 2.75) is 13.1 Å². The Morgan fingerprint density at radius 1 is 1.45 bits per heavy atom. The van der Waals surface area contributed by atoms with Crippen LogP contribution in [0.2, 0.25) is 0 Å². The lowest BCUT2D eigenvalue weighted by Crippen LogP contribution is -2.02. The zero-order chi connectivity index (χ0) is 14.5. The SMILES string of the molecule is COc1cc(CNc2cnn(CCO)c2)c(Br)cc1O. The Kier molecular flexibility index (Phi) is 4.86. The van der Waals surface area contributed by atoms with Crippen LogP contribution in [0, 0.1) is 0 Å². The van der Waals surface area contributed by atoms with Crippen molar-refractivity contribution in [3.05, 3.63) is 34.6 Å². The average Bonchev–Trinajstić information content (AvgIpc) is 2.86. The lowest BCUT2D eigenvalue weighted by molar-refractivity contribution is 0.269. The number of anilines is 1. The number of aromatic nitrogens is 2. The minimum atomic E-state index is 0.0574. The topological polar surface area (TPSA) is 79.5 Å². The number of rotatable bonds is 6. The summed E-state index contributed by atoms with van der Waals surface area (Å²) in [5, 5.41) is 25.8. The second-order valence-corrected chi connectivity index (χ2v) is 5.04. The first-order valence-corrected chi connectivity index (χ1v) is 6.86. The number of methoxy groups -OCH3 is 1. The predicted octanol–water partition coefficient (Wildman–Crippen LogP) is 1.96. The highest BCUT2D eigenvalue weighted by molar-refractivity contribution is 9.10. The number of nitrogens with zero attached hydrogens (tertiary/aromatic N) is 2. The molecule has 3 N–H and O–H groups in total. The Morgan fingerprint density at radius 2 is 2.25 bits per heavy atom. The van der Waals surface area contributed by atoms with Crippen molar-refractivity contribution in [1.82, 2.24) is 9.78 Å². The first-order valence-electron chi connectivity index (χ1n) is 6.06. The summed E-state index contributed by atoms with van der Waals surface area (Å²) in [5.41, 5.74) is 1.81. The van der Waals surface area contributed by atoms with E-state index in [9.17, 15) is 5.11 Å². The molecule has 108 valence electrons. The van der Waals surface area contributed by atoms with Gasteiger partial charge < -0.3 is 20.3 Å². The summed E-state index contributed by atoms with van der Waals surface area (Å²) in [6.07, 6.45) is 3.52. The van der Waals surface area contributed by atoms with Crippen molar-refractivity contribution in [3.63, 3.8) is 0 Å². The maximum absolute atomic E-state index is 9.65. The molecule has 0 aliphatic rings. The zero-order valence-electron chi connectivity index (χ0n) is 11.0. The van der Waals surface area contributed by atoms with Crippen LogP contribution in [0.3, 0.4) is 0 Å². The van der Waals surface area contributed by atoms with Crippen LogP contribution in [-0.4, -0.2) is 33.7 Å². The summed E-state index contributed by atoms with van der Waals surface area (Å²) in [6, 6.07) is 3.37. The van der Waals surface area contributed by atoms with Crippen LogP contribution in [0.4, 0.5) is 5.69 Å². The van der Waals surface area contributed by atoms with Crippen molar-refractivity contribution in [2.75, 3.05) is 19.0 Å². The molecule has 1 heterocycles. The predicted molar refractivity (Wildman–Crippen MR) is 79.0 cm³/mol.